The van der Waals surface area contributed by atoms with Gasteiger partial charge in [-0.3, -0.25) is 4.90 Å². The van der Waals surface area contributed by atoms with Gasteiger partial charge in [-0.2, -0.15) is 0 Å². The Morgan fingerprint density at radius 3 is 2.21 bits per heavy atom. The molecule has 0 aliphatic carbocycles. The molecule has 1 aromatic carbocycles. The molecule has 0 saturated carbocycles. The van der Waals surface area contributed by atoms with Crippen LogP contribution in [0, 0.1) is 0 Å². The third-order valence-electron chi connectivity index (χ3n) is 5.02. The Labute approximate surface area is 208 Å². The Kier molecular flexibility index (Phi) is 10.9. The second-order valence-corrected chi connectivity index (χ2v) is 9.90. The number of hydrogen-bond acceptors (Lipinski definition) is 7. The van der Waals surface area contributed by atoms with Gasteiger partial charge in [0.15, 0.2) is 0 Å². The largest absolute Gasteiger partial charge is 0.448 e. The lowest BCUT2D eigenvalue weighted by Crippen LogP contribution is -2.34. The first-order chi connectivity index (χ1) is 16.6. The van der Waals surface area contributed by atoms with Crippen LogP contribution >= 0.6 is 22.7 Å². The van der Waals surface area contributed by atoms with E-state index in [4.69, 9.17) is 15.2 Å². The van der Waals surface area contributed by atoms with Gasteiger partial charge in [-0.05, 0) is 41.3 Å². The standard InChI is InChI=1S/C25H31N3O4S2/c26-21(10-4-5-13-27-24(29)31-18-20-8-2-1-3-9-20)19-32-25(30)28(16-22-11-6-14-33-22)17-23-12-7-15-34-23/h1-3,6-9,11-12,14-15,21H,4-5,10,13,16-19,26H2,(H,27,29). The fourth-order valence-electron chi connectivity index (χ4n) is 3.22. The van der Waals surface area contributed by atoms with E-state index in [9.17, 15) is 9.59 Å². The zero-order chi connectivity index (χ0) is 24.0. The molecule has 7 nitrogen and oxygen atoms in total. The topological polar surface area (TPSA) is 93.9 Å². The van der Waals surface area contributed by atoms with Crippen LogP contribution in [0.15, 0.2) is 65.4 Å². The molecule has 1 unspecified atom stereocenters. The smallest absolute Gasteiger partial charge is 0.410 e. The molecule has 9 heteroatoms. The maximum Gasteiger partial charge on any atom is 0.410 e. The lowest BCUT2D eigenvalue weighted by Gasteiger charge is -2.22. The van der Waals surface area contributed by atoms with Crippen LogP contribution < -0.4 is 11.1 Å². The van der Waals surface area contributed by atoms with E-state index >= 15 is 0 Å². The average molecular weight is 502 g/mol. The van der Waals surface area contributed by atoms with Crippen molar-refractivity contribution in [3.05, 3.63) is 80.7 Å². The van der Waals surface area contributed by atoms with Gasteiger partial charge in [-0.25, -0.2) is 9.59 Å². The highest BCUT2D eigenvalue weighted by molar-refractivity contribution is 7.10. The third kappa shape index (κ3) is 9.54. The van der Waals surface area contributed by atoms with Crippen LogP contribution in [0.1, 0.15) is 34.6 Å². The van der Waals surface area contributed by atoms with E-state index in [1.165, 1.54) is 0 Å². The fraction of sp³-hybridized carbons (Fsp3) is 0.360. The van der Waals surface area contributed by atoms with Gasteiger partial charge in [0.2, 0.25) is 0 Å². The number of nitrogens with zero attached hydrogens (tertiary/aromatic N) is 1. The van der Waals surface area contributed by atoms with Gasteiger partial charge in [0.05, 0.1) is 13.1 Å². The quantitative estimate of drug-likeness (QED) is 0.307. The summed E-state index contributed by atoms with van der Waals surface area (Å²) in [6.07, 6.45) is 1.49. The number of rotatable bonds is 13. The number of amides is 2. The Balaban J connectivity index is 1.29. The number of nitrogens with one attached hydrogen (secondary N) is 1. The molecule has 2 amide bonds. The third-order valence-corrected chi connectivity index (χ3v) is 6.74. The van der Waals surface area contributed by atoms with Crippen molar-refractivity contribution in [2.75, 3.05) is 13.2 Å². The van der Waals surface area contributed by atoms with Crippen molar-refractivity contribution >= 4 is 34.9 Å². The van der Waals surface area contributed by atoms with Gasteiger partial charge in [0.1, 0.15) is 13.2 Å². The molecule has 0 radical (unpaired) electrons. The highest BCUT2D eigenvalue weighted by Crippen LogP contribution is 2.18. The molecular weight excluding hydrogens is 470 g/mol. The first-order valence-corrected chi connectivity index (χ1v) is 13.0. The highest BCUT2D eigenvalue weighted by Gasteiger charge is 2.18. The molecule has 1 atom stereocenters. The van der Waals surface area contributed by atoms with E-state index < -0.39 is 6.09 Å². The second kappa shape index (κ2) is 14.4. The van der Waals surface area contributed by atoms with Gasteiger partial charge in [0, 0.05) is 22.3 Å². The molecule has 0 spiro atoms. The number of alkyl carbamates (subject to hydrolysis) is 1. The van der Waals surface area contributed by atoms with Crippen molar-refractivity contribution in [3.8, 4) is 0 Å². The van der Waals surface area contributed by atoms with Crippen LogP contribution in [-0.2, 0) is 29.2 Å². The maximum absolute atomic E-state index is 12.7. The normalized spacial score (nSPS) is 11.6. The highest BCUT2D eigenvalue weighted by atomic mass is 32.1. The van der Waals surface area contributed by atoms with Gasteiger partial charge in [-0.15, -0.1) is 22.7 Å². The van der Waals surface area contributed by atoms with Crippen LogP contribution in [0.25, 0.3) is 0 Å². The number of thiophene rings is 2. The number of hydrogen-bond donors (Lipinski definition) is 2. The van der Waals surface area contributed by atoms with Gasteiger partial charge in [-0.1, -0.05) is 48.9 Å². The summed E-state index contributed by atoms with van der Waals surface area (Å²) in [6, 6.07) is 17.3. The van der Waals surface area contributed by atoms with Crippen LogP contribution in [0.3, 0.4) is 0 Å². The molecule has 3 aromatic rings. The molecule has 0 saturated heterocycles. The zero-order valence-electron chi connectivity index (χ0n) is 19.1. The molecule has 34 heavy (non-hydrogen) atoms. The van der Waals surface area contributed by atoms with E-state index in [2.05, 4.69) is 5.32 Å². The molecule has 0 aliphatic heterocycles. The van der Waals surface area contributed by atoms with Gasteiger partial charge < -0.3 is 20.5 Å². The summed E-state index contributed by atoms with van der Waals surface area (Å²) in [5.41, 5.74) is 7.09. The summed E-state index contributed by atoms with van der Waals surface area (Å²) < 4.78 is 10.7. The van der Waals surface area contributed by atoms with E-state index in [1.54, 1.807) is 27.6 Å². The molecule has 0 bridgehead atoms. The molecular formula is C25H31N3O4S2. The SMILES string of the molecule is NC(CCCCNC(=O)OCc1ccccc1)COC(=O)N(Cc1cccs1)Cc1cccs1. The van der Waals surface area contributed by atoms with Crippen molar-refractivity contribution in [2.45, 2.75) is 45.0 Å². The van der Waals surface area contributed by atoms with E-state index in [0.29, 0.717) is 26.1 Å². The minimum absolute atomic E-state index is 0.163. The van der Waals surface area contributed by atoms with Crippen molar-refractivity contribution in [3.63, 3.8) is 0 Å². The molecule has 3 N–H and O–H groups in total. The average Bonchev–Trinajstić information content (AvgIpc) is 3.56. The Bertz CT molecular complexity index is 929. The van der Waals surface area contributed by atoms with Gasteiger partial charge in [0.25, 0.3) is 0 Å². The molecule has 182 valence electrons. The second-order valence-electron chi connectivity index (χ2n) is 7.84. The summed E-state index contributed by atoms with van der Waals surface area (Å²) in [6.45, 7) is 1.94. The molecule has 2 aromatic heterocycles. The van der Waals surface area contributed by atoms with Crippen molar-refractivity contribution < 1.29 is 19.1 Å². The van der Waals surface area contributed by atoms with E-state index in [0.717, 1.165) is 28.2 Å². The minimum atomic E-state index is -0.432. The number of unbranched alkanes of at least 4 members (excludes halogenated alkanes) is 1. The number of carbonyl (C=O) groups is 2. The van der Waals surface area contributed by atoms with Crippen LogP contribution in [0.4, 0.5) is 9.59 Å². The van der Waals surface area contributed by atoms with E-state index in [1.807, 2.05) is 65.4 Å². The molecule has 0 aliphatic rings. The zero-order valence-corrected chi connectivity index (χ0v) is 20.7. The fourth-order valence-corrected chi connectivity index (χ4v) is 4.65. The first kappa shape index (κ1) is 25.7. The summed E-state index contributed by atoms with van der Waals surface area (Å²) in [4.78, 5) is 28.4. The Hall–Kier alpha value is -2.88. The molecule has 2 heterocycles. The number of nitrogens with two attached hydrogens (primary N) is 1. The van der Waals surface area contributed by atoms with Crippen molar-refractivity contribution in [2.24, 2.45) is 5.73 Å². The van der Waals surface area contributed by atoms with E-state index in [-0.39, 0.29) is 25.3 Å². The summed E-state index contributed by atoms with van der Waals surface area (Å²) in [5, 5.41) is 6.74. The van der Waals surface area contributed by atoms with Crippen molar-refractivity contribution in [1.29, 1.82) is 0 Å². The lowest BCUT2D eigenvalue weighted by molar-refractivity contribution is 0.0913. The van der Waals surface area contributed by atoms with Gasteiger partial charge >= 0.3 is 12.2 Å². The number of benzene rings is 1. The molecule has 0 fully saturated rings. The molecule has 3 rings (SSSR count). The monoisotopic (exact) mass is 501 g/mol. The summed E-state index contributed by atoms with van der Waals surface area (Å²) in [5.74, 6) is 0. The minimum Gasteiger partial charge on any atom is -0.448 e. The summed E-state index contributed by atoms with van der Waals surface area (Å²) >= 11 is 3.23. The number of ether oxygens (including phenoxy) is 2. The van der Waals surface area contributed by atoms with Crippen LogP contribution in [0.5, 0.6) is 0 Å². The lowest BCUT2D eigenvalue weighted by atomic mass is 10.1. The number of carbonyl (C=O) groups excluding carboxylic acids is 2. The predicted molar refractivity (Wildman–Crippen MR) is 136 cm³/mol. The summed E-state index contributed by atoms with van der Waals surface area (Å²) in [7, 11) is 0. The first-order valence-electron chi connectivity index (χ1n) is 11.3. The Morgan fingerprint density at radius 1 is 0.912 bits per heavy atom. The van der Waals surface area contributed by atoms with Crippen LogP contribution in [0.2, 0.25) is 0 Å². The predicted octanol–water partition coefficient (Wildman–Crippen LogP) is 5.37. The van der Waals surface area contributed by atoms with Crippen LogP contribution in [-0.4, -0.2) is 36.3 Å². The maximum atomic E-state index is 12.7. The Morgan fingerprint density at radius 2 is 1.59 bits per heavy atom. The van der Waals surface area contributed by atoms with Crippen molar-refractivity contribution in [1.82, 2.24) is 10.2 Å².